The number of nitrogens with zero attached hydrogens (tertiary/aromatic N) is 5. The minimum absolute atomic E-state index is 0.0358. The van der Waals surface area contributed by atoms with Crippen LogP contribution in [0.1, 0.15) is 38.4 Å². The zero-order chi connectivity index (χ0) is 31.8. The Morgan fingerprint density at radius 3 is 2.16 bits per heavy atom. The van der Waals surface area contributed by atoms with Crippen LogP contribution in [0.3, 0.4) is 0 Å². The second-order valence-electron chi connectivity index (χ2n) is 11.5. The Kier molecular flexibility index (Phi) is 8.59. The molecule has 45 heavy (non-hydrogen) atoms. The van der Waals surface area contributed by atoms with Crippen LogP contribution in [0.2, 0.25) is 0 Å². The Bertz CT molecular complexity index is 1610. The first-order valence-corrected chi connectivity index (χ1v) is 14.6. The predicted molar refractivity (Wildman–Crippen MR) is 153 cm³/mol. The number of aromatic amines is 2. The van der Waals surface area contributed by atoms with Gasteiger partial charge in [-0.25, -0.2) is 0 Å². The van der Waals surface area contributed by atoms with E-state index in [-0.39, 0.29) is 12.6 Å². The highest BCUT2D eigenvalue weighted by molar-refractivity contribution is 5.95. The molecule has 2 aliphatic heterocycles. The second kappa shape index (κ2) is 12.4. The Morgan fingerprint density at radius 1 is 0.844 bits per heavy atom. The van der Waals surface area contributed by atoms with Gasteiger partial charge in [-0.1, -0.05) is 18.2 Å². The van der Waals surface area contributed by atoms with Crippen molar-refractivity contribution in [1.29, 1.82) is 0 Å². The number of H-pyrrole nitrogens is 2. The van der Waals surface area contributed by atoms with E-state index in [9.17, 15) is 31.1 Å². The molecule has 15 heteroatoms. The van der Waals surface area contributed by atoms with Crippen molar-refractivity contribution >= 4 is 16.8 Å². The molecule has 2 aromatic heterocycles. The molecule has 2 aliphatic rings. The molecule has 240 valence electrons. The summed E-state index contributed by atoms with van der Waals surface area (Å²) >= 11 is 0. The van der Waals surface area contributed by atoms with Gasteiger partial charge < -0.3 is 15.2 Å². The van der Waals surface area contributed by atoms with E-state index < -0.39 is 41.0 Å². The van der Waals surface area contributed by atoms with Crippen molar-refractivity contribution in [2.45, 2.75) is 37.9 Å². The van der Waals surface area contributed by atoms with Crippen LogP contribution >= 0.6 is 0 Å². The maximum atomic E-state index is 13.8. The maximum absolute atomic E-state index is 13.8. The van der Waals surface area contributed by atoms with Crippen LogP contribution in [-0.2, 0) is 31.9 Å². The van der Waals surface area contributed by atoms with Crippen molar-refractivity contribution < 1.29 is 31.1 Å². The molecule has 0 saturated carbocycles. The summed E-state index contributed by atoms with van der Waals surface area (Å²) in [6, 6.07) is 8.08. The first-order chi connectivity index (χ1) is 21.5. The number of piperazine rings is 2. The normalized spacial score (nSPS) is 19.0. The highest BCUT2D eigenvalue weighted by Gasteiger charge is 2.39. The van der Waals surface area contributed by atoms with E-state index in [4.69, 9.17) is 0 Å². The smallest absolute Gasteiger partial charge is 0.361 e. The number of halogens is 6. The number of para-hydroxylation sites is 1. The lowest BCUT2D eigenvalue weighted by Crippen LogP contribution is -2.55. The molecule has 1 atom stereocenters. The third-order valence-corrected chi connectivity index (χ3v) is 8.45. The van der Waals surface area contributed by atoms with Crippen LogP contribution in [-0.4, -0.2) is 92.9 Å². The summed E-state index contributed by atoms with van der Waals surface area (Å²) in [7, 11) is 0. The van der Waals surface area contributed by atoms with Crippen LogP contribution in [0.15, 0.2) is 48.7 Å². The molecule has 0 radical (unpaired) electrons. The molecule has 0 bridgehead atoms. The van der Waals surface area contributed by atoms with Crippen LogP contribution in [0.4, 0.5) is 26.3 Å². The molecule has 1 unspecified atom stereocenters. The number of carbonyl (C=O) groups excluding carboxylic acids is 1. The number of alkyl halides is 6. The van der Waals surface area contributed by atoms with Crippen molar-refractivity contribution in [1.82, 2.24) is 40.4 Å². The molecule has 2 fully saturated rings. The van der Waals surface area contributed by atoms with Crippen molar-refractivity contribution in [2.24, 2.45) is 0 Å². The zero-order valence-corrected chi connectivity index (χ0v) is 24.2. The van der Waals surface area contributed by atoms with Gasteiger partial charge in [-0.2, -0.15) is 41.8 Å². The van der Waals surface area contributed by atoms with Crippen LogP contribution < -0.4 is 5.32 Å². The maximum Gasteiger partial charge on any atom is 0.416 e. The third-order valence-electron chi connectivity index (χ3n) is 8.45. The van der Waals surface area contributed by atoms with E-state index in [0.29, 0.717) is 44.7 Å². The second-order valence-corrected chi connectivity index (χ2v) is 11.5. The fourth-order valence-electron chi connectivity index (χ4n) is 6.12. The van der Waals surface area contributed by atoms with Gasteiger partial charge in [-0.05, 0) is 36.2 Å². The Hall–Kier alpha value is -3.95. The standard InChI is InChI=1S/C30H32F6N8O/c31-29(32,33)21-11-19(12-22(14-21)30(34,35)36)28(45)44-10-9-43(16-23(44)13-20-15-38-25-4-2-1-3-24(20)25)18-27-26(39-41-40-27)17-42-7-5-37-6-8-42/h1-4,11-12,14-15,23,37-38H,5-10,13,16-18H2,(H,39,40,41). The largest absolute Gasteiger partial charge is 0.416 e. The van der Waals surface area contributed by atoms with E-state index in [1.807, 2.05) is 30.5 Å². The molecule has 4 heterocycles. The molecule has 2 aromatic carbocycles. The van der Waals surface area contributed by atoms with Crippen molar-refractivity contribution in [3.05, 3.63) is 82.3 Å². The third kappa shape index (κ3) is 6.99. The number of fused-ring (bicyclic) bond motifs is 1. The minimum Gasteiger partial charge on any atom is -0.361 e. The predicted octanol–water partition coefficient (Wildman–Crippen LogP) is 4.30. The van der Waals surface area contributed by atoms with Crippen LogP contribution in [0, 0.1) is 0 Å². The summed E-state index contributed by atoms with van der Waals surface area (Å²) in [6.07, 6.45) is -7.96. The Labute approximate surface area is 254 Å². The van der Waals surface area contributed by atoms with Gasteiger partial charge in [0.05, 0.1) is 11.1 Å². The van der Waals surface area contributed by atoms with Crippen molar-refractivity contribution in [2.75, 3.05) is 45.8 Å². The molecule has 0 aliphatic carbocycles. The molecule has 1 amide bonds. The zero-order valence-electron chi connectivity index (χ0n) is 24.2. The number of nitrogens with one attached hydrogen (secondary N) is 3. The highest BCUT2D eigenvalue weighted by Crippen LogP contribution is 2.37. The fourth-order valence-corrected chi connectivity index (χ4v) is 6.12. The molecule has 4 aromatic rings. The number of amides is 1. The number of benzene rings is 2. The Balaban J connectivity index is 1.28. The van der Waals surface area contributed by atoms with Crippen LogP contribution in [0.25, 0.3) is 10.9 Å². The molecule has 6 rings (SSSR count). The number of hydrogen-bond donors (Lipinski definition) is 3. The molecular weight excluding hydrogens is 602 g/mol. The van der Waals surface area contributed by atoms with E-state index in [2.05, 4.69) is 35.5 Å². The first-order valence-electron chi connectivity index (χ1n) is 14.6. The highest BCUT2D eigenvalue weighted by atomic mass is 19.4. The van der Waals surface area contributed by atoms with Crippen LogP contribution in [0.5, 0.6) is 0 Å². The number of rotatable bonds is 7. The number of hydrogen-bond acceptors (Lipinski definition) is 6. The summed E-state index contributed by atoms with van der Waals surface area (Å²) in [5.74, 6) is -0.878. The number of aromatic nitrogens is 4. The lowest BCUT2D eigenvalue weighted by atomic mass is 9.98. The Morgan fingerprint density at radius 2 is 1.49 bits per heavy atom. The fraction of sp³-hybridized carbons (Fsp3) is 0.433. The molecule has 2 saturated heterocycles. The molecule has 3 N–H and O–H groups in total. The van der Waals surface area contributed by atoms with E-state index in [1.54, 1.807) is 0 Å². The van der Waals surface area contributed by atoms with Crippen molar-refractivity contribution in [3.63, 3.8) is 0 Å². The van der Waals surface area contributed by atoms with E-state index >= 15 is 0 Å². The van der Waals surface area contributed by atoms with Gasteiger partial charge in [0.15, 0.2) is 0 Å². The monoisotopic (exact) mass is 634 g/mol. The number of carbonyl (C=O) groups is 1. The molecule has 9 nitrogen and oxygen atoms in total. The molecular formula is C30H32F6N8O. The quantitative estimate of drug-likeness (QED) is 0.263. The van der Waals surface area contributed by atoms with Crippen molar-refractivity contribution in [3.8, 4) is 0 Å². The van der Waals surface area contributed by atoms with Gasteiger partial charge in [0, 0.05) is 87.6 Å². The van der Waals surface area contributed by atoms with Gasteiger partial charge >= 0.3 is 12.4 Å². The van der Waals surface area contributed by atoms with E-state index in [1.165, 1.54) is 4.90 Å². The van der Waals surface area contributed by atoms with Gasteiger partial charge in [-0.15, -0.1) is 0 Å². The first kappa shape index (κ1) is 31.0. The topological polar surface area (TPSA) is 96.2 Å². The summed E-state index contributed by atoms with van der Waals surface area (Å²) in [5.41, 5.74) is -0.350. The average molecular weight is 635 g/mol. The average Bonchev–Trinajstić information content (AvgIpc) is 3.63. The van der Waals surface area contributed by atoms with E-state index in [0.717, 1.165) is 54.0 Å². The lowest BCUT2D eigenvalue weighted by molar-refractivity contribution is -0.143. The lowest BCUT2D eigenvalue weighted by Gasteiger charge is -2.41. The SMILES string of the molecule is O=C(c1cc(C(F)(F)F)cc(C(F)(F)F)c1)N1CCN(Cc2n[nH]nc2CN2CCNCC2)CC1Cc1c[nH]c2ccccc12. The van der Waals surface area contributed by atoms with Gasteiger partial charge in [0.2, 0.25) is 0 Å². The summed E-state index contributed by atoms with van der Waals surface area (Å²) in [5, 5.41) is 15.7. The van der Waals surface area contributed by atoms with Gasteiger partial charge in [0.1, 0.15) is 11.4 Å². The summed E-state index contributed by atoms with van der Waals surface area (Å²) in [4.78, 5) is 22.8. The molecule has 0 spiro atoms. The minimum atomic E-state index is -5.06. The summed E-state index contributed by atoms with van der Waals surface area (Å²) < 4.78 is 81.7. The van der Waals surface area contributed by atoms with Gasteiger partial charge in [-0.3, -0.25) is 14.6 Å². The van der Waals surface area contributed by atoms with Gasteiger partial charge in [0.25, 0.3) is 5.91 Å². The summed E-state index contributed by atoms with van der Waals surface area (Å²) in [6.45, 7) is 5.36.